The molecule has 1 unspecified atom stereocenters. The zero-order chi connectivity index (χ0) is 14.7. The van der Waals surface area contributed by atoms with Gasteiger partial charge in [-0.15, -0.1) is 0 Å². The molecule has 2 heterocycles. The van der Waals surface area contributed by atoms with Crippen LogP contribution in [0.15, 0.2) is 30.3 Å². The molecule has 1 N–H and O–H groups in total. The van der Waals surface area contributed by atoms with Gasteiger partial charge in [0.2, 0.25) is 0 Å². The molecule has 2 aromatic rings. The van der Waals surface area contributed by atoms with Crippen molar-refractivity contribution in [2.24, 2.45) is 0 Å². The number of nitrogens with one attached hydrogen (secondary N) is 1. The minimum absolute atomic E-state index is 0.185. The van der Waals surface area contributed by atoms with Crippen molar-refractivity contribution in [2.75, 3.05) is 13.2 Å². The third-order valence-electron chi connectivity index (χ3n) is 3.83. The first-order chi connectivity index (χ1) is 10.3. The van der Waals surface area contributed by atoms with Gasteiger partial charge in [0.1, 0.15) is 6.10 Å². The normalized spacial score (nSPS) is 15.5. The van der Waals surface area contributed by atoms with E-state index in [0.717, 1.165) is 42.3 Å². The van der Waals surface area contributed by atoms with Gasteiger partial charge in [0.15, 0.2) is 5.82 Å². The smallest absolute Gasteiger partial charge is 0.162 e. The van der Waals surface area contributed by atoms with Gasteiger partial charge in [-0.3, -0.25) is 0 Å². The number of aryl methyl sites for hydroxylation is 1. The van der Waals surface area contributed by atoms with Crippen LogP contribution in [0.4, 0.5) is 0 Å². The lowest BCUT2D eigenvalue weighted by atomic mass is 10.0. The molecule has 0 amide bonds. The average molecular weight is 283 g/mol. The second kappa shape index (κ2) is 6.33. The van der Waals surface area contributed by atoms with Crippen molar-refractivity contribution in [3.05, 3.63) is 58.7 Å². The highest BCUT2D eigenvalue weighted by Crippen LogP contribution is 2.25. The molecule has 1 atom stereocenters. The molecular formula is C17H21N3O. The van der Waals surface area contributed by atoms with Crippen molar-refractivity contribution in [3.8, 4) is 0 Å². The van der Waals surface area contributed by atoms with E-state index in [9.17, 15) is 0 Å². The zero-order valence-electron chi connectivity index (χ0n) is 12.6. The van der Waals surface area contributed by atoms with Gasteiger partial charge in [-0.2, -0.15) is 0 Å². The molecule has 0 bridgehead atoms. The number of nitrogens with zero attached hydrogens (tertiary/aromatic N) is 2. The van der Waals surface area contributed by atoms with E-state index in [4.69, 9.17) is 14.7 Å². The van der Waals surface area contributed by atoms with Crippen LogP contribution < -0.4 is 5.32 Å². The Morgan fingerprint density at radius 2 is 2.05 bits per heavy atom. The summed E-state index contributed by atoms with van der Waals surface area (Å²) in [5.74, 6) is 0.779. The molecule has 4 heteroatoms. The van der Waals surface area contributed by atoms with Crippen LogP contribution in [0.1, 0.15) is 41.4 Å². The standard InChI is InChI=1S/C17H21N3O/c1-3-21-16(13-7-5-4-6-8-13)17-19-12(2)14-11-18-10-9-15(14)20-17/h4-8,16,18H,3,9-11H2,1-2H3. The highest BCUT2D eigenvalue weighted by atomic mass is 16.5. The maximum Gasteiger partial charge on any atom is 0.162 e. The van der Waals surface area contributed by atoms with Crippen LogP contribution in [0.3, 0.4) is 0 Å². The average Bonchev–Trinajstić information content (AvgIpc) is 2.53. The van der Waals surface area contributed by atoms with Gasteiger partial charge in [0.25, 0.3) is 0 Å². The lowest BCUT2D eigenvalue weighted by Crippen LogP contribution is -2.27. The summed E-state index contributed by atoms with van der Waals surface area (Å²) < 4.78 is 5.92. The molecule has 1 aromatic carbocycles. The number of aromatic nitrogens is 2. The predicted molar refractivity (Wildman–Crippen MR) is 82.1 cm³/mol. The van der Waals surface area contributed by atoms with E-state index in [2.05, 4.69) is 24.4 Å². The molecule has 0 spiro atoms. The third kappa shape index (κ3) is 2.96. The molecule has 1 aromatic heterocycles. The maximum absolute atomic E-state index is 5.92. The second-order valence-electron chi connectivity index (χ2n) is 5.27. The Morgan fingerprint density at radius 3 is 2.81 bits per heavy atom. The minimum Gasteiger partial charge on any atom is -0.366 e. The van der Waals surface area contributed by atoms with Crippen LogP contribution in [0, 0.1) is 6.92 Å². The lowest BCUT2D eigenvalue weighted by Gasteiger charge is -2.22. The van der Waals surface area contributed by atoms with Crippen molar-refractivity contribution in [1.82, 2.24) is 15.3 Å². The van der Waals surface area contributed by atoms with Gasteiger partial charge >= 0.3 is 0 Å². The Balaban J connectivity index is 2.02. The summed E-state index contributed by atoms with van der Waals surface area (Å²) >= 11 is 0. The first-order valence-corrected chi connectivity index (χ1v) is 7.53. The Hall–Kier alpha value is -1.78. The van der Waals surface area contributed by atoms with Gasteiger partial charge in [-0.25, -0.2) is 9.97 Å². The van der Waals surface area contributed by atoms with Crippen molar-refractivity contribution in [3.63, 3.8) is 0 Å². The Labute approximate surface area is 125 Å². The minimum atomic E-state index is -0.185. The third-order valence-corrected chi connectivity index (χ3v) is 3.83. The van der Waals surface area contributed by atoms with E-state index in [1.807, 2.05) is 25.1 Å². The fourth-order valence-electron chi connectivity index (χ4n) is 2.77. The van der Waals surface area contributed by atoms with Gasteiger partial charge in [-0.05, 0) is 19.4 Å². The maximum atomic E-state index is 5.92. The van der Waals surface area contributed by atoms with Crippen LogP contribution in [-0.2, 0) is 17.7 Å². The van der Waals surface area contributed by atoms with Crippen LogP contribution in [-0.4, -0.2) is 23.1 Å². The highest BCUT2D eigenvalue weighted by molar-refractivity contribution is 5.30. The summed E-state index contributed by atoms with van der Waals surface area (Å²) in [5.41, 5.74) is 4.57. The predicted octanol–water partition coefficient (Wildman–Crippen LogP) is 2.56. The number of benzene rings is 1. The van der Waals surface area contributed by atoms with Crippen LogP contribution in [0.5, 0.6) is 0 Å². The largest absolute Gasteiger partial charge is 0.366 e. The van der Waals surface area contributed by atoms with E-state index < -0.39 is 0 Å². The summed E-state index contributed by atoms with van der Waals surface area (Å²) in [5, 5.41) is 3.38. The molecular weight excluding hydrogens is 262 g/mol. The van der Waals surface area contributed by atoms with Crippen molar-refractivity contribution < 1.29 is 4.74 Å². The molecule has 4 nitrogen and oxygen atoms in total. The van der Waals surface area contributed by atoms with E-state index in [0.29, 0.717) is 6.61 Å². The summed E-state index contributed by atoms with van der Waals surface area (Å²) in [4.78, 5) is 9.50. The Kier molecular flexibility index (Phi) is 4.27. The molecule has 0 saturated heterocycles. The van der Waals surface area contributed by atoms with Gasteiger partial charge in [-0.1, -0.05) is 30.3 Å². The summed E-state index contributed by atoms with van der Waals surface area (Å²) in [6.45, 7) is 6.55. The van der Waals surface area contributed by atoms with Crippen molar-refractivity contribution in [2.45, 2.75) is 32.9 Å². The Morgan fingerprint density at radius 1 is 1.24 bits per heavy atom. The molecule has 1 aliphatic rings. The lowest BCUT2D eigenvalue weighted by molar-refractivity contribution is 0.0847. The molecule has 3 rings (SSSR count). The van der Waals surface area contributed by atoms with E-state index >= 15 is 0 Å². The fraction of sp³-hybridized carbons (Fsp3) is 0.412. The fourth-order valence-corrected chi connectivity index (χ4v) is 2.77. The van der Waals surface area contributed by atoms with Gasteiger partial charge in [0, 0.05) is 37.4 Å². The summed E-state index contributed by atoms with van der Waals surface area (Å²) in [6, 6.07) is 10.2. The second-order valence-corrected chi connectivity index (χ2v) is 5.27. The Bertz CT molecular complexity index is 613. The number of rotatable bonds is 4. The monoisotopic (exact) mass is 283 g/mol. The van der Waals surface area contributed by atoms with Crippen molar-refractivity contribution >= 4 is 0 Å². The quantitative estimate of drug-likeness (QED) is 0.937. The SMILES string of the molecule is CCOC(c1ccccc1)c1nc(C)c2c(n1)CCNC2. The first-order valence-electron chi connectivity index (χ1n) is 7.53. The van der Waals surface area contributed by atoms with Crippen LogP contribution >= 0.6 is 0 Å². The van der Waals surface area contributed by atoms with Gasteiger partial charge in [0.05, 0.1) is 5.69 Å². The molecule has 110 valence electrons. The highest BCUT2D eigenvalue weighted by Gasteiger charge is 2.21. The number of hydrogen-bond acceptors (Lipinski definition) is 4. The topological polar surface area (TPSA) is 47.0 Å². The number of ether oxygens (including phenoxy) is 1. The van der Waals surface area contributed by atoms with E-state index in [1.54, 1.807) is 0 Å². The van der Waals surface area contributed by atoms with E-state index in [1.165, 1.54) is 5.56 Å². The van der Waals surface area contributed by atoms with Crippen LogP contribution in [0.2, 0.25) is 0 Å². The molecule has 21 heavy (non-hydrogen) atoms. The molecule has 1 aliphatic heterocycles. The van der Waals surface area contributed by atoms with E-state index in [-0.39, 0.29) is 6.10 Å². The number of hydrogen-bond donors (Lipinski definition) is 1. The van der Waals surface area contributed by atoms with Crippen LogP contribution in [0.25, 0.3) is 0 Å². The van der Waals surface area contributed by atoms with Crippen molar-refractivity contribution in [1.29, 1.82) is 0 Å². The summed E-state index contributed by atoms with van der Waals surface area (Å²) in [6.07, 6.45) is 0.773. The number of fused-ring (bicyclic) bond motifs is 1. The molecule has 0 fully saturated rings. The first kappa shape index (κ1) is 14.2. The molecule has 0 radical (unpaired) electrons. The summed E-state index contributed by atoms with van der Waals surface area (Å²) in [7, 11) is 0. The molecule has 0 aliphatic carbocycles. The zero-order valence-corrected chi connectivity index (χ0v) is 12.6. The van der Waals surface area contributed by atoms with Gasteiger partial charge < -0.3 is 10.1 Å². The molecule has 0 saturated carbocycles.